The Hall–Kier alpha value is -1.84. The van der Waals surface area contributed by atoms with E-state index < -0.39 is 5.97 Å². The zero-order chi connectivity index (χ0) is 10.2. The van der Waals surface area contributed by atoms with Crippen LogP contribution >= 0.6 is 0 Å². The van der Waals surface area contributed by atoms with E-state index in [9.17, 15) is 4.79 Å². The van der Waals surface area contributed by atoms with Crippen molar-refractivity contribution in [3.63, 3.8) is 0 Å². The van der Waals surface area contributed by atoms with Crippen molar-refractivity contribution in [2.24, 2.45) is 5.16 Å². The standard InChI is InChI=1S/C10H11NO3/c12-10(13)6-7-11-14-8-9-4-2-1-3-5-9/h1-5,7H,6,8H2,(H,12,13). The Balaban J connectivity index is 2.22. The molecule has 0 radical (unpaired) electrons. The summed E-state index contributed by atoms with van der Waals surface area (Å²) in [5.74, 6) is -0.919. The fourth-order valence-electron chi connectivity index (χ4n) is 0.854. The highest BCUT2D eigenvalue weighted by Gasteiger charge is 1.91. The zero-order valence-electron chi connectivity index (χ0n) is 7.59. The molecule has 74 valence electrons. The summed E-state index contributed by atoms with van der Waals surface area (Å²) in [6.45, 7) is 0.358. The van der Waals surface area contributed by atoms with Gasteiger partial charge in [0.05, 0.1) is 12.6 Å². The molecule has 0 saturated heterocycles. The second-order valence-electron chi connectivity index (χ2n) is 2.64. The number of hydrogen-bond donors (Lipinski definition) is 1. The molecule has 0 aliphatic heterocycles. The molecule has 0 spiro atoms. The van der Waals surface area contributed by atoms with Gasteiger partial charge < -0.3 is 9.94 Å². The van der Waals surface area contributed by atoms with Crippen LogP contribution in [0.2, 0.25) is 0 Å². The Morgan fingerprint density at radius 1 is 1.43 bits per heavy atom. The van der Waals surface area contributed by atoms with Crippen LogP contribution < -0.4 is 0 Å². The first-order valence-corrected chi connectivity index (χ1v) is 4.18. The van der Waals surface area contributed by atoms with Gasteiger partial charge in [-0.05, 0) is 5.56 Å². The van der Waals surface area contributed by atoms with Crippen molar-refractivity contribution in [2.45, 2.75) is 13.0 Å². The van der Waals surface area contributed by atoms with Gasteiger partial charge in [0.25, 0.3) is 0 Å². The van der Waals surface area contributed by atoms with Crippen LogP contribution in [0.5, 0.6) is 0 Å². The Bertz CT molecular complexity index is 308. The topological polar surface area (TPSA) is 58.9 Å². The van der Waals surface area contributed by atoms with Gasteiger partial charge in [0.2, 0.25) is 0 Å². The minimum atomic E-state index is -0.919. The summed E-state index contributed by atoms with van der Waals surface area (Å²) in [6, 6.07) is 9.54. The van der Waals surface area contributed by atoms with Crippen LogP contribution in [-0.4, -0.2) is 17.3 Å². The van der Waals surface area contributed by atoms with Gasteiger partial charge in [-0.3, -0.25) is 4.79 Å². The summed E-state index contributed by atoms with van der Waals surface area (Å²) in [7, 11) is 0. The van der Waals surface area contributed by atoms with E-state index in [1.165, 1.54) is 6.21 Å². The zero-order valence-corrected chi connectivity index (χ0v) is 7.59. The lowest BCUT2D eigenvalue weighted by Crippen LogP contribution is -1.95. The molecule has 1 aromatic rings. The number of oxime groups is 1. The third kappa shape index (κ3) is 4.25. The van der Waals surface area contributed by atoms with E-state index in [0.29, 0.717) is 6.61 Å². The number of hydrogen-bond acceptors (Lipinski definition) is 3. The van der Waals surface area contributed by atoms with Crippen LogP contribution in [0.15, 0.2) is 35.5 Å². The number of rotatable bonds is 5. The number of benzene rings is 1. The molecule has 1 N–H and O–H groups in total. The quantitative estimate of drug-likeness (QED) is 0.571. The number of carbonyl (C=O) groups is 1. The minimum Gasteiger partial charge on any atom is -0.481 e. The lowest BCUT2D eigenvalue weighted by Gasteiger charge is -1.97. The molecule has 0 bridgehead atoms. The van der Waals surface area contributed by atoms with Gasteiger partial charge in [-0.25, -0.2) is 0 Å². The van der Waals surface area contributed by atoms with Crippen molar-refractivity contribution < 1.29 is 14.7 Å². The minimum absolute atomic E-state index is 0.116. The second-order valence-corrected chi connectivity index (χ2v) is 2.64. The number of carboxylic acids is 1. The van der Waals surface area contributed by atoms with Crippen LogP contribution in [0.4, 0.5) is 0 Å². The van der Waals surface area contributed by atoms with Crippen LogP contribution in [-0.2, 0) is 16.2 Å². The van der Waals surface area contributed by atoms with Gasteiger partial charge in [0, 0.05) is 0 Å². The Kier molecular flexibility index (Phi) is 4.20. The molecule has 0 atom stereocenters. The maximum absolute atomic E-state index is 10.1. The first-order chi connectivity index (χ1) is 6.79. The lowest BCUT2D eigenvalue weighted by molar-refractivity contribution is -0.135. The molecule has 0 aliphatic rings. The van der Waals surface area contributed by atoms with E-state index >= 15 is 0 Å². The van der Waals surface area contributed by atoms with E-state index in [1.807, 2.05) is 30.3 Å². The highest BCUT2D eigenvalue weighted by Crippen LogP contribution is 1.99. The molecular weight excluding hydrogens is 182 g/mol. The summed E-state index contributed by atoms with van der Waals surface area (Å²) in [5.41, 5.74) is 1.000. The van der Waals surface area contributed by atoms with E-state index in [2.05, 4.69) is 5.16 Å². The SMILES string of the molecule is O=C(O)CC=NOCc1ccccc1. The third-order valence-electron chi connectivity index (χ3n) is 1.49. The Morgan fingerprint density at radius 3 is 2.79 bits per heavy atom. The molecule has 1 aromatic carbocycles. The van der Waals surface area contributed by atoms with E-state index in [-0.39, 0.29) is 6.42 Å². The molecule has 0 unspecified atom stereocenters. The molecule has 0 aliphatic carbocycles. The van der Waals surface area contributed by atoms with Crippen LogP contribution in [0.1, 0.15) is 12.0 Å². The van der Waals surface area contributed by atoms with Gasteiger partial charge in [0.15, 0.2) is 0 Å². The van der Waals surface area contributed by atoms with Gasteiger partial charge in [0.1, 0.15) is 6.61 Å². The van der Waals surface area contributed by atoms with Crippen molar-refractivity contribution >= 4 is 12.2 Å². The van der Waals surface area contributed by atoms with Crippen LogP contribution in [0.25, 0.3) is 0 Å². The summed E-state index contributed by atoms with van der Waals surface area (Å²) in [5, 5.41) is 11.8. The lowest BCUT2D eigenvalue weighted by atomic mass is 10.2. The first kappa shape index (κ1) is 10.2. The van der Waals surface area contributed by atoms with E-state index in [0.717, 1.165) is 5.56 Å². The molecular formula is C10H11NO3. The Morgan fingerprint density at radius 2 is 2.14 bits per heavy atom. The molecule has 4 nitrogen and oxygen atoms in total. The van der Waals surface area contributed by atoms with Gasteiger partial charge >= 0.3 is 5.97 Å². The largest absolute Gasteiger partial charge is 0.481 e. The predicted octanol–water partition coefficient (Wildman–Crippen LogP) is 1.66. The average Bonchev–Trinajstić information content (AvgIpc) is 2.18. The first-order valence-electron chi connectivity index (χ1n) is 4.18. The van der Waals surface area contributed by atoms with Gasteiger partial charge in [-0.1, -0.05) is 35.5 Å². The summed E-state index contributed by atoms with van der Waals surface area (Å²) >= 11 is 0. The monoisotopic (exact) mass is 193 g/mol. The molecule has 0 heterocycles. The maximum atomic E-state index is 10.1. The molecule has 0 aromatic heterocycles. The summed E-state index contributed by atoms with van der Waals surface area (Å²) in [6.07, 6.45) is 1.11. The highest BCUT2D eigenvalue weighted by molar-refractivity contribution is 5.84. The smallest absolute Gasteiger partial charge is 0.308 e. The van der Waals surface area contributed by atoms with Crippen LogP contribution in [0, 0.1) is 0 Å². The fourth-order valence-corrected chi connectivity index (χ4v) is 0.854. The Labute approximate surface area is 81.8 Å². The number of carboxylic acid groups (broad SMARTS) is 1. The van der Waals surface area contributed by atoms with Gasteiger partial charge in [-0.2, -0.15) is 0 Å². The highest BCUT2D eigenvalue weighted by atomic mass is 16.6. The summed E-state index contributed by atoms with van der Waals surface area (Å²) in [4.78, 5) is 15.0. The number of nitrogens with zero attached hydrogens (tertiary/aromatic N) is 1. The molecule has 0 amide bonds. The molecule has 14 heavy (non-hydrogen) atoms. The third-order valence-corrected chi connectivity index (χ3v) is 1.49. The van der Waals surface area contributed by atoms with Crippen LogP contribution in [0.3, 0.4) is 0 Å². The normalized spacial score (nSPS) is 10.3. The predicted molar refractivity (Wildman–Crippen MR) is 52.0 cm³/mol. The molecule has 0 fully saturated rings. The van der Waals surface area contributed by atoms with Crippen molar-refractivity contribution in [3.8, 4) is 0 Å². The van der Waals surface area contributed by atoms with Gasteiger partial charge in [-0.15, -0.1) is 0 Å². The van der Waals surface area contributed by atoms with Crippen molar-refractivity contribution in [1.29, 1.82) is 0 Å². The average molecular weight is 193 g/mol. The van der Waals surface area contributed by atoms with Crippen molar-refractivity contribution in [2.75, 3.05) is 0 Å². The summed E-state index contributed by atoms with van der Waals surface area (Å²) < 4.78 is 0. The molecule has 1 rings (SSSR count). The number of aliphatic carboxylic acids is 1. The van der Waals surface area contributed by atoms with E-state index in [4.69, 9.17) is 9.94 Å². The second kappa shape index (κ2) is 5.75. The van der Waals surface area contributed by atoms with Crippen molar-refractivity contribution in [3.05, 3.63) is 35.9 Å². The fraction of sp³-hybridized carbons (Fsp3) is 0.200. The van der Waals surface area contributed by atoms with E-state index in [1.54, 1.807) is 0 Å². The molecule has 0 saturated carbocycles. The maximum Gasteiger partial charge on any atom is 0.308 e. The van der Waals surface area contributed by atoms with Crippen molar-refractivity contribution in [1.82, 2.24) is 0 Å². The molecule has 4 heteroatoms.